The van der Waals surface area contributed by atoms with Crippen molar-refractivity contribution in [1.82, 2.24) is 10.2 Å². The molecule has 40 heavy (non-hydrogen) atoms. The number of halogens is 2. The lowest BCUT2D eigenvalue weighted by atomic mass is 10.1. The number of likely N-dealkylation sites (N-methyl/N-ethyl adjacent to an activating group) is 1. The molecule has 1 atom stereocenters. The summed E-state index contributed by atoms with van der Waals surface area (Å²) < 4.78 is 29.2. The Balaban J connectivity index is 2.11. The molecule has 214 valence electrons. The number of nitrogens with one attached hydrogen (secondary N) is 1. The van der Waals surface area contributed by atoms with Crippen LogP contribution < -0.4 is 9.62 Å². The number of anilines is 1. The summed E-state index contributed by atoms with van der Waals surface area (Å²) in [4.78, 5) is 28.6. The maximum absolute atomic E-state index is 14.1. The third-order valence-electron chi connectivity index (χ3n) is 6.60. The molecule has 0 saturated carbocycles. The van der Waals surface area contributed by atoms with E-state index in [1.807, 2.05) is 26.0 Å². The Morgan fingerprint density at radius 1 is 0.875 bits per heavy atom. The highest BCUT2D eigenvalue weighted by atomic mass is 35.5. The molecule has 0 saturated heterocycles. The summed E-state index contributed by atoms with van der Waals surface area (Å²) in [6.07, 6.45) is 0.326. The highest BCUT2D eigenvalue weighted by Crippen LogP contribution is 2.29. The first-order chi connectivity index (χ1) is 18.9. The maximum Gasteiger partial charge on any atom is 0.264 e. The van der Waals surface area contributed by atoms with Crippen LogP contribution in [0.5, 0.6) is 0 Å². The second-order valence-corrected chi connectivity index (χ2v) is 12.4. The van der Waals surface area contributed by atoms with E-state index in [-0.39, 0.29) is 17.3 Å². The molecular formula is C30H35Cl2N3O4S. The molecule has 0 aliphatic heterocycles. The second-order valence-electron chi connectivity index (χ2n) is 9.70. The normalized spacial score (nSPS) is 12.1. The van der Waals surface area contributed by atoms with Crippen molar-refractivity contribution >= 4 is 50.7 Å². The Hall–Kier alpha value is -3.07. The smallest absolute Gasteiger partial charge is 0.264 e. The van der Waals surface area contributed by atoms with Crippen LogP contribution in [0, 0.1) is 20.8 Å². The Morgan fingerprint density at radius 2 is 1.52 bits per heavy atom. The molecule has 2 amide bonds. The van der Waals surface area contributed by atoms with Crippen molar-refractivity contribution in [2.24, 2.45) is 0 Å². The fourth-order valence-corrected chi connectivity index (χ4v) is 6.18. The molecule has 3 aromatic carbocycles. The minimum Gasteiger partial charge on any atom is -0.355 e. The first-order valence-corrected chi connectivity index (χ1v) is 15.3. The van der Waals surface area contributed by atoms with Crippen LogP contribution in [-0.2, 0) is 26.2 Å². The lowest BCUT2D eigenvalue weighted by Crippen LogP contribution is -2.52. The number of carbonyl (C=O) groups is 2. The molecule has 0 aromatic heterocycles. The van der Waals surface area contributed by atoms with Gasteiger partial charge in [0.1, 0.15) is 12.6 Å². The highest BCUT2D eigenvalue weighted by Gasteiger charge is 2.34. The van der Waals surface area contributed by atoms with Crippen molar-refractivity contribution in [3.05, 3.63) is 93.0 Å². The van der Waals surface area contributed by atoms with Gasteiger partial charge in [-0.1, -0.05) is 66.0 Å². The molecule has 0 aliphatic rings. The molecule has 0 aliphatic carbocycles. The minimum atomic E-state index is -4.14. The number of hydrogen-bond donors (Lipinski definition) is 1. The van der Waals surface area contributed by atoms with Crippen molar-refractivity contribution in [3.63, 3.8) is 0 Å². The van der Waals surface area contributed by atoms with E-state index >= 15 is 0 Å². The fourth-order valence-electron chi connectivity index (χ4n) is 4.39. The van der Waals surface area contributed by atoms with Crippen LogP contribution in [0.2, 0.25) is 10.0 Å². The van der Waals surface area contributed by atoms with Crippen LogP contribution in [0.1, 0.15) is 42.5 Å². The minimum absolute atomic E-state index is 0.0383. The number of hydrogen-bond acceptors (Lipinski definition) is 4. The average Bonchev–Trinajstić information content (AvgIpc) is 2.91. The van der Waals surface area contributed by atoms with Gasteiger partial charge in [-0.05, 0) is 81.1 Å². The summed E-state index contributed by atoms with van der Waals surface area (Å²) in [5, 5.41) is 3.47. The predicted octanol–water partition coefficient (Wildman–Crippen LogP) is 6.06. The van der Waals surface area contributed by atoms with Crippen molar-refractivity contribution in [3.8, 4) is 0 Å². The Morgan fingerprint density at radius 3 is 2.12 bits per heavy atom. The van der Waals surface area contributed by atoms with Gasteiger partial charge in [-0.15, -0.1) is 0 Å². The number of aryl methyl sites for hydroxylation is 3. The largest absolute Gasteiger partial charge is 0.355 e. The monoisotopic (exact) mass is 603 g/mol. The molecule has 0 radical (unpaired) electrons. The molecule has 3 rings (SSSR count). The van der Waals surface area contributed by atoms with Crippen LogP contribution in [0.25, 0.3) is 0 Å². The van der Waals surface area contributed by atoms with Crippen LogP contribution >= 0.6 is 23.2 Å². The predicted molar refractivity (Wildman–Crippen MR) is 161 cm³/mol. The lowest BCUT2D eigenvalue weighted by Gasteiger charge is -2.33. The molecule has 0 unspecified atom stereocenters. The maximum atomic E-state index is 14.1. The summed E-state index contributed by atoms with van der Waals surface area (Å²) in [5.41, 5.74) is 3.51. The van der Waals surface area contributed by atoms with Gasteiger partial charge in [0, 0.05) is 13.1 Å². The molecule has 10 heteroatoms. The Bertz CT molecular complexity index is 1480. The summed E-state index contributed by atoms with van der Waals surface area (Å²) in [6, 6.07) is 16.1. The molecule has 0 bridgehead atoms. The van der Waals surface area contributed by atoms with Gasteiger partial charge in [0.25, 0.3) is 10.0 Å². The third kappa shape index (κ3) is 7.36. The Kier molecular flexibility index (Phi) is 10.6. The molecule has 3 aromatic rings. The van der Waals surface area contributed by atoms with E-state index < -0.39 is 28.5 Å². The van der Waals surface area contributed by atoms with Crippen molar-refractivity contribution in [2.45, 2.75) is 58.5 Å². The zero-order chi connectivity index (χ0) is 29.6. The molecule has 0 spiro atoms. The van der Waals surface area contributed by atoms with E-state index in [1.54, 1.807) is 57.2 Å². The van der Waals surface area contributed by atoms with Gasteiger partial charge < -0.3 is 10.2 Å². The molecular weight excluding hydrogens is 569 g/mol. The van der Waals surface area contributed by atoms with Crippen molar-refractivity contribution in [1.29, 1.82) is 0 Å². The van der Waals surface area contributed by atoms with E-state index in [1.165, 1.54) is 17.0 Å². The lowest BCUT2D eigenvalue weighted by molar-refractivity contribution is -0.140. The molecule has 0 fully saturated rings. The zero-order valence-corrected chi connectivity index (χ0v) is 25.7. The van der Waals surface area contributed by atoms with Gasteiger partial charge in [0.05, 0.1) is 20.6 Å². The summed E-state index contributed by atoms with van der Waals surface area (Å²) in [6.45, 7) is 9.06. The van der Waals surface area contributed by atoms with E-state index in [4.69, 9.17) is 23.2 Å². The topological polar surface area (TPSA) is 86.8 Å². The van der Waals surface area contributed by atoms with Crippen LogP contribution in [-0.4, -0.2) is 44.3 Å². The Labute approximate surface area is 247 Å². The third-order valence-corrected chi connectivity index (χ3v) is 9.11. The summed E-state index contributed by atoms with van der Waals surface area (Å²) in [5.74, 6) is -0.848. The van der Waals surface area contributed by atoms with Gasteiger partial charge in [-0.2, -0.15) is 0 Å². The number of nitrogens with zero attached hydrogens (tertiary/aromatic N) is 2. The zero-order valence-electron chi connectivity index (χ0n) is 23.4. The van der Waals surface area contributed by atoms with Gasteiger partial charge in [-0.25, -0.2) is 8.42 Å². The van der Waals surface area contributed by atoms with Gasteiger partial charge in [0.15, 0.2) is 0 Å². The highest BCUT2D eigenvalue weighted by molar-refractivity contribution is 7.92. The standard InChI is InChI=1S/C30H35Cl2N3O4S/c1-6-27(30(37)33-7-2)34(18-23-12-15-25(31)26(32)17-23)29(36)19-35(28-16-21(4)8-11-22(28)5)40(38,39)24-13-9-20(3)10-14-24/h8-17,27H,6-7,18-19H2,1-5H3,(H,33,37)/t27-/m0/s1. The number of rotatable bonds is 11. The van der Waals surface area contributed by atoms with Crippen molar-refractivity contribution in [2.75, 3.05) is 17.4 Å². The van der Waals surface area contributed by atoms with Crippen LogP contribution in [0.4, 0.5) is 5.69 Å². The van der Waals surface area contributed by atoms with E-state index in [9.17, 15) is 18.0 Å². The van der Waals surface area contributed by atoms with Crippen LogP contribution in [0.3, 0.4) is 0 Å². The quantitative estimate of drug-likeness (QED) is 0.289. The average molecular weight is 605 g/mol. The van der Waals surface area contributed by atoms with Crippen LogP contribution in [0.15, 0.2) is 65.6 Å². The summed E-state index contributed by atoms with van der Waals surface area (Å²) >= 11 is 12.3. The van der Waals surface area contributed by atoms with Gasteiger partial charge >= 0.3 is 0 Å². The number of sulfonamides is 1. The van der Waals surface area contributed by atoms with Gasteiger partial charge in [0.2, 0.25) is 11.8 Å². The van der Waals surface area contributed by atoms with E-state index in [0.717, 1.165) is 15.4 Å². The van der Waals surface area contributed by atoms with E-state index in [0.29, 0.717) is 39.8 Å². The fraction of sp³-hybridized carbons (Fsp3) is 0.333. The molecule has 1 N–H and O–H groups in total. The number of carbonyl (C=O) groups excluding carboxylic acids is 2. The second kappa shape index (κ2) is 13.5. The molecule has 0 heterocycles. The molecule has 7 nitrogen and oxygen atoms in total. The first kappa shape index (κ1) is 31.5. The van der Waals surface area contributed by atoms with Gasteiger partial charge in [-0.3, -0.25) is 13.9 Å². The number of benzene rings is 3. The summed E-state index contributed by atoms with van der Waals surface area (Å²) in [7, 11) is -4.14. The first-order valence-electron chi connectivity index (χ1n) is 13.1. The SMILES string of the molecule is CCNC(=O)[C@H](CC)N(Cc1ccc(Cl)c(Cl)c1)C(=O)CN(c1cc(C)ccc1C)S(=O)(=O)c1ccc(C)cc1. The van der Waals surface area contributed by atoms with E-state index in [2.05, 4.69) is 5.32 Å². The van der Waals surface area contributed by atoms with Crippen molar-refractivity contribution < 1.29 is 18.0 Å². The number of amides is 2.